The van der Waals surface area contributed by atoms with Crippen LogP contribution in [-0.2, 0) is 26.2 Å². The molecule has 2 aromatic carbocycles. The van der Waals surface area contributed by atoms with Gasteiger partial charge in [0.15, 0.2) is 0 Å². The Hall–Kier alpha value is -2.20. The molecule has 1 saturated carbocycles. The van der Waals surface area contributed by atoms with Gasteiger partial charge in [0, 0.05) is 37.3 Å². The first kappa shape index (κ1) is 32.7. The van der Waals surface area contributed by atoms with Crippen molar-refractivity contribution in [2.75, 3.05) is 0 Å². The number of nitrogens with zero attached hydrogens (tertiary/aromatic N) is 4. The second-order valence-corrected chi connectivity index (χ2v) is 13.8. The maximum atomic E-state index is 12.9. The number of fused-ring (bicyclic) bond motifs is 2. The molecule has 4 heterocycles. The lowest BCUT2D eigenvalue weighted by Gasteiger charge is -2.17. The molecule has 0 atom stereocenters. The highest BCUT2D eigenvalue weighted by Gasteiger charge is 2.26. The van der Waals surface area contributed by atoms with Crippen molar-refractivity contribution in [3.8, 4) is 33.8 Å². The van der Waals surface area contributed by atoms with Gasteiger partial charge in [-0.3, -0.25) is 19.0 Å². The van der Waals surface area contributed by atoms with Crippen molar-refractivity contribution in [1.82, 2.24) is 18.7 Å². The minimum Gasteiger partial charge on any atom is -0.506 e. The van der Waals surface area contributed by atoms with Gasteiger partial charge < -0.3 is 9.84 Å². The Balaban J connectivity index is 0.000000163. The molecule has 0 radical (unpaired) electrons. The maximum Gasteiger partial charge on any atom is 0.276 e. The predicted octanol–water partition coefficient (Wildman–Crippen LogP) is 9.17. The fourth-order valence-corrected chi connectivity index (χ4v) is 7.95. The molecule has 45 heavy (non-hydrogen) atoms. The smallest absolute Gasteiger partial charge is 0.276 e. The summed E-state index contributed by atoms with van der Waals surface area (Å²) in [5.74, 6) is 0.438. The minimum absolute atomic E-state index is 0.110. The number of hydrogen-bond donors (Lipinski definition) is 1. The standard InChI is InChI=1S/C18H19Cl3N2O2.C13H11Cl3N2O2/c19-13-10-14(20)15(25-11-5-1-2-6-11)9-12(13)16-17(21)22-7-3-4-8-23(22)18(16)24;14-8-6-9(15)10(19)5-7(8)11-12(16)17-3-1-2-4-18(17)13(11)20/h9-11H,1-8H2;5-6,19H,1-4H2. The molecule has 1 fully saturated rings. The quantitative estimate of drug-likeness (QED) is 0.227. The lowest BCUT2D eigenvalue weighted by atomic mass is 10.1. The van der Waals surface area contributed by atoms with Crippen LogP contribution in [0.15, 0.2) is 33.9 Å². The van der Waals surface area contributed by atoms with Crippen LogP contribution in [0.3, 0.4) is 0 Å². The van der Waals surface area contributed by atoms with E-state index in [2.05, 4.69) is 0 Å². The van der Waals surface area contributed by atoms with Gasteiger partial charge in [0.05, 0.1) is 37.3 Å². The van der Waals surface area contributed by atoms with E-state index < -0.39 is 0 Å². The van der Waals surface area contributed by atoms with Gasteiger partial charge in [0.2, 0.25) is 0 Å². The second-order valence-electron chi connectivity index (χ2n) is 11.4. The molecular weight excluding hydrogens is 705 g/mol. The Morgan fingerprint density at radius 1 is 0.578 bits per heavy atom. The van der Waals surface area contributed by atoms with Crippen molar-refractivity contribution < 1.29 is 9.84 Å². The van der Waals surface area contributed by atoms with E-state index >= 15 is 0 Å². The van der Waals surface area contributed by atoms with Gasteiger partial charge in [-0.1, -0.05) is 69.6 Å². The minimum atomic E-state index is -0.196. The van der Waals surface area contributed by atoms with Gasteiger partial charge in [-0.2, -0.15) is 0 Å². The Kier molecular flexibility index (Phi) is 9.82. The third-order valence-electron chi connectivity index (χ3n) is 8.52. The predicted molar refractivity (Wildman–Crippen MR) is 181 cm³/mol. The molecule has 0 amide bonds. The van der Waals surface area contributed by atoms with Crippen LogP contribution in [0, 0.1) is 0 Å². The van der Waals surface area contributed by atoms with E-state index in [-0.39, 0.29) is 33.0 Å². The van der Waals surface area contributed by atoms with Crippen molar-refractivity contribution in [2.24, 2.45) is 0 Å². The van der Waals surface area contributed by atoms with Crippen LogP contribution in [0.2, 0.25) is 30.4 Å². The average Bonchev–Trinajstić information content (AvgIpc) is 3.70. The third-order valence-corrected chi connectivity index (χ3v) is 10.5. The van der Waals surface area contributed by atoms with Crippen molar-refractivity contribution in [3.63, 3.8) is 0 Å². The van der Waals surface area contributed by atoms with Gasteiger partial charge in [0.25, 0.3) is 11.1 Å². The van der Waals surface area contributed by atoms with Gasteiger partial charge in [-0.25, -0.2) is 9.36 Å². The second kappa shape index (κ2) is 13.5. The summed E-state index contributed by atoms with van der Waals surface area (Å²) in [6.45, 7) is 2.75. The first-order chi connectivity index (χ1) is 21.6. The van der Waals surface area contributed by atoms with E-state index in [1.807, 2.05) is 4.68 Å². The fourth-order valence-electron chi connectivity index (χ4n) is 6.23. The van der Waals surface area contributed by atoms with Crippen LogP contribution in [0.4, 0.5) is 0 Å². The van der Waals surface area contributed by atoms with Gasteiger partial charge in [-0.15, -0.1) is 0 Å². The number of aromatic hydroxyl groups is 1. The summed E-state index contributed by atoms with van der Waals surface area (Å²) in [7, 11) is 0. The topological polar surface area (TPSA) is 83.3 Å². The zero-order valence-corrected chi connectivity index (χ0v) is 28.6. The lowest BCUT2D eigenvalue weighted by molar-refractivity contribution is 0.210. The molecule has 1 aliphatic carbocycles. The number of hydrogen-bond acceptors (Lipinski definition) is 4. The van der Waals surface area contributed by atoms with Crippen LogP contribution in [0.25, 0.3) is 22.3 Å². The van der Waals surface area contributed by atoms with Crippen molar-refractivity contribution in [1.29, 1.82) is 0 Å². The molecule has 2 aromatic heterocycles. The molecule has 0 saturated heterocycles. The zero-order chi connectivity index (χ0) is 32.0. The molecule has 3 aliphatic rings. The molecule has 2 aliphatic heterocycles. The normalized spacial score (nSPS) is 16.2. The van der Waals surface area contributed by atoms with Gasteiger partial charge in [0.1, 0.15) is 21.8 Å². The largest absolute Gasteiger partial charge is 0.506 e. The first-order valence-electron chi connectivity index (χ1n) is 14.9. The van der Waals surface area contributed by atoms with E-state index in [4.69, 9.17) is 74.3 Å². The van der Waals surface area contributed by atoms with Crippen LogP contribution < -0.4 is 15.9 Å². The number of aromatic nitrogens is 4. The number of halogens is 6. The number of ether oxygens (including phenoxy) is 1. The summed E-state index contributed by atoms with van der Waals surface area (Å²) in [6, 6.07) is 6.18. The molecule has 7 rings (SSSR count). The molecule has 0 spiro atoms. The average molecular weight is 735 g/mol. The Bertz CT molecular complexity index is 1890. The van der Waals surface area contributed by atoms with E-state index in [1.165, 1.54) is 25.0 Å². The molecular formula is C31H30Cl6N4O4. The van der Waals surface area contributed by atoms with Crippen LogP contribution >= 0.6 is 69.6 Å². The van der Waals surface area contributed by atoms with E-state index in [1.54, 1.807) is 26.2 Å². The molecule has 8 nitrogen and oxygen atoms in total. The third kappa shape index (κ3) is 6.27. The zero-order valence-electron chi connectivity index (χ0n) is 24.1. The SMILES string of the molecule is O=c1c(-c2cc(O)c(Cl)cc2Cl)c(Cl)n2n1CCCC2.O=c1c(-c2cc(OC3CCCC3)c(Cl)cc2Cl)c(Cl)n2n1CCCC2. The Morgan fingerprint density at radius 3 is 1.51 bits per heavy atom. The van der Waals surface area contributed by atoms with Crippen LogP contribution in [0.1, 0.15) is 51.4 Å². The number of benzene rings is 2. The number of phenolic OH excluding ortho intramolecular Hbond substituents is 1. The van der Waals surface area contributed by atoms with Gasteiger partial charge >= 0.3 is 0 Å². The summed E-state index contributed by atoms with van der Waals surface area (Å²) >= 11 is 37.5. The molecule has 1 N–H and O–H groups in total. The van der Waals surface area contributed by atoms with Crippen LogP contribution in [-0.4, -0.2) is 29.9 Å². The highest BCUT2D eigenvalue weighted by atomic mass is 35.5. The summed E-state index contributed by atoms with van der Waals surface area (Å²) < 4.78 is 13.0. The van der Waals surface area contributed by atoms with E-state index in [0.29, 0.717) is 68.0 Å². The summed E-state index contributed by atoms with van der Waals surface area (Å²) in [5, 5.41) is 11.8. The van der Waals surface area contributed by atoms with Gasteiger partial charge in [-0.05, 0) is 75.6 Å². The summed E-state index contributed by atoms with van der Waals surface area (Å²) in [4.78, 5) is 25.3. The monoisotopic (exact) mass is 732 g/mol. The summed E-state index contributed by atoms with van der Waals surface area (Å²) in [5.41, 5.74) is 1.42. The molecule has 240 valence electrons. The van der Waals surface area contributed by atoms with E-state index in [0.717, 1.165) is 45.1 Å². The van der Waals surface area contributed by atoms with Crippen molar-refractivity contribution in [2.45, 2.75) is 83.6 Å². The first-order valence-corrected chi connectivity index (χ1v) is 17.2. The molecule has 0 unspecified atom stereocenters. The highest BCUT2D eigenvalue weighted by Crippen LogP contribution is 2.41. The molecule has 0 bridgehead atoms. The van der Waals surface area contributed by atoms with E-state index in [9.17, 15) is 14.7 Å². The van der Waals surface area contributed by atoms with Crippen molar-refractivity contribution >= 4 is 69.6 Å². The number of rotatable bonds is 4. The van der Waals surface area contributed by atoms with Crippen molar-refractivity contribution in [3.05, 3.63) is 75.4 Å². The number of phenols is 1. The molecule has 14 heteroatoms. The Labute approximate surface area is 289 Å². The fraction of sp³-hybridized carbons (Fsp3) is 0.419. The lowest BCUT2D eigenvalue weighted by Crippen LogP contribution is -2.27. The molecule has 4 aromatic rings. The Morgan fingerprint density at radius 2 is 1.02 bits per heavy atom. The maximum absolute atomic E-state index is 12.9. The summed E-state index contributed by atoms with van der Waals surface area (Å²) in [6.07, 6.45) is 8.47. The highest BCUT2D eigenvalue weighted by molar-refractivity contribution is 6.39. The van der Waals surface area contributed by atoms with Crippen LogP contribution in [0.5, 0.6) is 11.5 Å².